The summed E-state index contributed by atoms with van der Waals surface area (Å²) >= 11 is 0. The molecule has 2 N–H and O–H groups in total. The van der Waals surface area contributed by atoms with E-state index in [1.54, 1.807) is 0 Å². The Hall–Kier alpha value is -1.55. The molecule has 84 valence electrons. The van der Waals surface area contributed by atoms with E-state index in [1.807, 2.05) is 25.3 Å². The zero-order valence-electron chi connectivity index (χ0n) is 9.29. The summed E-state index contributed by atoms with van der Waals surface area (Å²) in [5.41, 5.74) is 0.945. The average Bonchev–Trinajstić information content (AvgIpc) is 2.81. The number of nitrogens with zero attached hydrogens (tertiary/aromatic N) is 1. The summed E-state index contributed by atoms with van der Waals surface area (Å²) in [7, 11) is 0. The minimum absolute atomic E-state index is 0.708. The first-order valence-corrected chi connectivity index (χ1v) is 5.65. The van der Waals surface area contributed by atoms with Crippen LogP contribution in [-0.4, -0.2) is 16.0 Å². The molecular weight excluding hydrogens is 202 g/mol. The Balaban J connectivity index is 1.71. The Labute approximate surface area is 94.1 Å². The van der Waals surface area contributed by atoms with Crippen LogP contribution in [0.2, 0.25) is 0 Å². The first-order valence-electron chi connectivity index (χ1n) is 5.65. The SMILES string of the molecule is Cc1ccc(-c2cnc(CNC3CC3)[nH]2)o1. The largest absolute Gasteiger partial charge is 0.460 e. The molecule has 2 heterocycles. The van der Waals surface area contributed by atoms with E-state index in [-0.39, 0.29) is 0 Å². The minimum Gasteiger partial charge on any atom is -0.460 e. The number of imidazole rings is 1. The summed E-state index contributed by atoms with van der Waals surface area (Å²) in [6, 6.07) is 4.62. The van der Waals surface area contributed by atoms with Crippen LogP contribution in [-0.2, 0) is 6.54 Å². The number of hydrogen-bond acceptors (Lipinski definition) is 3. The van der Waals surface area contributed by atoms with Crippen molar-refractivity contribution in [2.24, 2.45) is 0 Å². The van der Waals surface area contributed by atoms with Gasteiger partial charge in [-0.1, -0.05) is 0 Å². The first kappa shape index (κ1) is 9.66. The van der Waals surface area contributed by atoms with Crippen molar-refractivity contribution in [1.82, 2.24) is 15.3 Å². The summed E-state index contributed by atoms with van der Waals surface area (Å²) in [6.07, 6.45) is 4.41. The summed E-state index contributed by atoms with van der Waals surface area (Å²) in [5, 5.41) is 3.42. The maximum absolute atomic E-state index is 5.53. The highest BCUT2D eigenvalue weighted by atomic mass is 16.3. The van der Waals surface area contributed by atoms with Gasteiger partial charge >= 0.3 is 0 Å². The molecular formula is C12H15N3O. The van der Waals surface area contributed by atoms with Gasteiger partial charge in [0.1, 0.15) is 17.3 Å². The van der Waals surface area contributed by atoms with Crippen molar-refractivity contribution in [3.05, 3.63) is 29.9 Å². The molecule has 0 spiro atoms. The van der Waals surface area contributed by atoms with Gasteiger partial charge in [-0.3, -0.25) is 0 Å². The molecule has 4 heteroatoms. The number of aromatic amines is 1. The lowest BCUT2D eigenvalue weighted by molar-refractivity contribution is 0.546. The Morgan fingerprint density at radius 2 is 2.38 bits per heavy atom. The number of nitrogens with one attached hydrogen (secondary N) is 2. The average molecular weight is 217 g/mol. The molecule has 0 radical (unpaired) electrons. The second kappa shape index (κ2) is 3.79. The quantitative estimate of drug-likeness (QED) is 0.825. The van der Waals surface area contributed by atoms with Crippen molar-refractivity contribution < 1.29 is 4.42 Å². The fourth-order valence-corrected chi connectivity index (χ4v) is 1.69. The summed E-state index contributed by atoms with van der Waals surface area (Å²) < 4.78 is 5.53. The molecule has 0 saturated heterocycles. The van der Waals surface area contributed by atoms with Crippen molar-refractivity contribution in [1.29, 1.82) is 0 Å². The molecule has 2 aromatic rings. The van der Waals surface area contributed by atoms with E-state index < -0.39 is 0 Å². The Morgan fingerprint density at radius 1 is 1.50 bits per heavy atom. The molecule has 1 fully saturated rings. The fourth-order valence-electron chi connectivity index (χ4n) is 1.69. The second-order valence-corrected chi connectivity index (χ2v) is 4.31. The van der Waals surface area contributed by atoms with E-state index in [0.29, 0.717) is 6.04 Å². The van der Waals surface area contributed by atoms with Crippen molar-refractivity contribution in [2.45, 2.75) is 32.4 Å². The van der Waals surface area contributed by atoms with Crippen LogP contribution < -0.4 is 5.32 Å². The number of furan rings is 1. The molecule has 1 aliphatic carbocycles. The van der Waals surface area contributed by atoms with E-state index >= 15 is 0 Å². The van der Waals surface area contributed by atoms with Gasteiger partial charge in [-0.2, -0.15) is 0 Å². The highest BCUT2D eigenvalue weighted by Gasteiger charge is 2.20. The van der Waals surface area contributed by atoms with Gasteiger partial charge in [0.05, 0.1) is 12.7 Å². The lowest BCUT2D eigenvalue weighted by atomic mass is 10.3. The molecule has 2 aromatic heterocycles. The lowest BCUT2D eigenvalue weighted by Gasteiger charge is -1.97. The molecule has 16 heavy (non-hydrogen) atoms. The van der Waals surface area contributed by atoms with Crippen molar-refractivity contribution >= 4 is 0 Å². The number of aryl methyl sites for hydroxylation is 1. The topological polar surface area (TPSA) is 53.9 Å². The van der Waals surface area contributed by atoms with Crippen LogP contribution in [0, 0.1) is 6.92 Å². The maximum Gasteiger partial charge on any atom is 0.152 e. The summed E-state index contributed by atoms with van der Waals surface area (Å²) in [5.74, 6) is 2.74. The summed E-state index contributed by atoms with van der Waals surface area (Å²) in [4.78, 5) is 7.58. The van der Waals surface area contributed by atoms with Crippen molar-refractivity contribution in [3.8, 4) is 11.5 Å². The van der Waals surface area contributed by atoms with Crippen LogP contribution in [0.4, 0.5) is 0 Å². The summed E-state index contributed by atoms with van der Waals surface area (Å²) in [6.45, 7) is 2.75. The highest BCUT2D eigenvalue weighted by molar-refractivity contribution is 5.51. The monoisotopic (exact) mass is 217 g/mol. The smallest absolute Gasteiger partial charge is 0.152 e. The van der Waals surface area contributed by atoms with Crippen LogP contribution in [0.3, 0.4) is 0 Å². The molecule has 0 unspecified atom stereocenters. The van der Waals surface area contributed by atoms with Crippen LogP contribution in [0.5, 0.6) is 0 Å². The molecule has 1 aliphatic rings. The van der Waals surface area contributed by atoms with Gasteiger partial charge in [-0.15, -0.1) is 0 Å². The normalized spacial score (nSPS) is 15.6. The van der Waals surface area contributed by atoms with Gasteiger partial charge in [0, 0.05) is 6.04 Å². The molecule has 0 aliphatic heterocycles. The molecule has 4 nitrogen and oxygen atoms in total. The van der Waals surface area contributed by atoms with E-state index in [9.17, 15) is 0 Å². The van der Waals surface area contributed by atoms with Gasteiger partial charge in [-0.05, 0) is 31.9 Å². The van der Waals surface area contributed by atoms with Gasteiger partial charge < -0.3 is 14.7 Å². The number of rotatable bonds is 4. The van der Waals surface area contributed by atoms with E-state index in [1.165, 1.54) is 12.8 Å². The van der Waals surface area contributed by atoms with Gasteiger partial charge in [0.15, 0.2) is 5.76 Å². The molecule has 0 aromatic carbocycles. The van der Waals surface area contributed by atoms with Crippen LogP contribution in [0.15, 0.2) is 22.7 Å². The molecule has 0 bridgehead atoms. The van der Waals surface area contributed by atoms with E-state index in [4.69, 9.17) is 4.42 Å². The minimum atomic E-state index is 0.708. The van der Waals surface area contributed by atoms with Crippen molar-refractivity contribution in [2.75, 3.05) is 0 Å². The zero-order valence-corrected chi connectivity index (χ0v) is 9.29. The van der Waals surface area contributed by atoms with Crippen molar-refractivity contribution in [3.63, 3.8) is 0 Å². The standard InChI is InChI=1S/C12H15N3O/c1-8-2-5-11(16-8)10-6-14-12(15-10)7-13-9-3-4-9/h2,5-6,9,13H,3-4,7H2,1H3,(H,14,15). The third-order valence-electron chi connectivity index (χ3n) is 2.77. The second-order valence-electron chi connectivity index (χ2n) is 4.31. The Morgan fingerprint density at radius 3 is 3.06 bits per heavy atom. The predicted molar refractivity (Wildman–Crippen MR) is 60.9 cm³/mol. The van der Waals surface area contributed by atoms with Crippen LogP contribution >= 0.6 is 0 Å². The number of aromatic nitrogens is 2. The first-order chi connectivity index (χ1) is 7.81. The third-order valence-corrected chi connectivity index (χ3v) is 2.77. The maximum atomic E-state index is 5.53. The molecule has 3 rings (SSSR count). The fraction of sp³-hybridized carbons (Fsp3) is 0.417. The van der Waals surface area contributed by atoms with Crippen LogP contribution in [0.25, 0.3) is 11.5 Å². The highest BCUT2D eigenvalue weighted by Crippen LogP contribution is 2.21. The zero-order chi connectivity index (χ0) is 11.0. The molecule has 0 atom stereocenters. The third kappa shape index (κ3) is 2.02. The van der Waals surface area contributed by atoms with Gasteiger partial charge in [-0.25, -0.2) is 4.98 Å². The molecule has 1 saturated carbocycles. The number of hydrogen-bond donors (Lipinski definition) is 2. The van der Waals surface area contributed by atoms with E-state index in [2.05, 4.69) is 15.3 Å². The van der Waals surface area contributed by atoms with Gasteiger partial charge in [0.2, 0.25) is 0 Å². The lowest BCUT2D eigenvalue weighted by Crippen LogP contribution is -2.16. The van der Waals surface area contributed by atoms with E-state index in [0.717, 1.165) is 29.6 Å². The number of H-pyrrole nitrogens is 1. The van der Waals surface area contributed by atoms with Gasteiger partial charge in [0.25, 0.3) is 0 Å². The Bertz CT molecular complexity index is 482. The Kier molecular flexibility index (Phi) is 2.29. The molecule has 0 amide bonds. The van der Waals surface area contributed by atoms with Crippen LogP contribution in [0.1, 0.15) is 24.4 Å². The predicted octanol–water partition coefficient (Wildman–Crippen LogP) is 2.23.